The zero-order valence-corrected chi connectivity index (χ0v) is 22.5. The Balaban J connectivity index is 1.70. The van der Waals surface area contributed by atoms with Crippen molar-refractivity contribution < 1.29 is 52.7 Å². The highest BCUT2D eigenvalue weighted by atomic mass is 31.2. The maximum atomic E-state index is 13.7. The minimum atomic E-state index is -4.36. The average molecular weight is 569 g/mol. The van der Waals surface area contributed by atoms with E-state index in [-0.39, 0.29) is 12.4 Å². The van der Waals surface area contributed by atoms with E-state index in [2.05, 4.69) is 10.4 Å². The molecule has 2 aromatic rings. The second-order valence-corrected chi connectivity index (χ2v) is 10.5. The molecule has 7 atom stereocenters. The van der Waals surface area contributed by atoms with E-state index < -0.39 is 62.9 Å². The Bertz CT molecular complexity index is 1130. The topological polar surface area (TPSA) is 182 Å². The highest BCUT2D eigenvalue weighted by Crippen LogP contribution is 2.45. The molecule has 0 aliphatic carbocycles. The van der Waals surface area contributed by atoms with Crippen LogP contribution in [0.3, 0.4) is 0 Å². The fourth-order valence-corrected chi connectivity index (χ4v) is 5.16. The molecule has 0 bridgehead atoms. The lowest BCUT2D eigenvalue weighted by Crippen LogP contribution is -2.64. The van der Waals surface area contributed by atoms with E-state index >= 15 is 0 Å². The van der Waals surface area contributed by atoms with Crippen LogP contribution in [0.25, 0.3) is 0 Å². The van der Waals surface area contributed by atoms with Crippen LogP contribution in [0.4, 0.5) is 0 Å². The molecule has 0 saturated carbocycles. The van der Waals surface area contributed by atoms with E-state index in [0.717, 1.165) is 5.56 Å². The molecule has 2 aromatic carbocycles. The molecule has 0 spiro atoms. The molecule has 1 fully saturated rings. The third kappa shape index (κ3) is 8.73. The van der Waals surface area contributed by atoms with Gasteiger partial charge in [0.15, 0.2) is 6.29 Å². The third-order valence-corrected chi connectivity index (χ3v) is 7.36. The molecule has 1 aliphatic heterocycles. The molecule has 214 valence electrons. The molecule has 1 aliphatic rings. The quantitative estimate of drug-likeness (QED) is 0.180. The molecule has 39 heavy (non-hydrogen) atoms. The van der Waals surface area contributed by atoms with Gasteiger partial charge in [0.2, 0.25) is 5.91 Å². The molecule has 14 heteroatoms. The summed E-state index contributed by atoms with van der Waals surface area (Å²) in [5.41, 5.74) is 0.755. The highest BCUT2D eigenvalue weighted by molar-refractivity contribution is 7.52. The van der Waals surface area contributed by atoms with Gasteiger partial charge in [0.05, 0.1) is 13.7 Å². The smallest absolute Gasteiger partial charge is 0.459 e. The standard InChI is InChI=1S/C25H33N2O11P/c1-15(24(31)35-13-17-7-5-4-6-8-17)27-39(33,38-19-11-9-18(34-3)10-12-19)36-14-20-22(29)23(30)21(25(32)37-20)26-16(2)28/h4-12,15,20-23,25,29-30,32H,13-14H2,1-3H3,(H,26,28)(H,27,33)/t15-,20+,21+,22+,23+,25?,39?/m0/s1. The lowest BCUT2D eigenvalue weighted by atomic mass is 9.97. The van der Waals surface area contributed by atoms with Gasteiger partial charge in [-0.2, -0.15) is 5.09 Å². The molecule has 1 heterocycles. The van der Waals surface area contributed by atoms with E-state index in [1.807, 2.05) is 6.07 Å². The van der Waals surface area contributed by atoms with Crippen molar-refractivity contribution in [3.05, 3.63) is 60.2 Å². The predicted octanol–water partition coefficient (Wildman–Crippen LogP) is 0.864. The summed E-state index contributed by atoms with van der Waals surface area (Å²) in [4.78, 5) is 23.9. The van der Waals surface area contributed by atoms with Gasteiger partial charge < -0.3 is 39.4 Å². The van der Waals surface area contributed by atoms with Crippen LogP contribution in [0.1, 0.15) is 19.4 Å². The van der Waals surface area contributed by atoms with Crippen LogP contribution >= 0.6 is 7.75 Å². The Labute approximate surface area is 225 Å². The van der Waals surface area contributed by atoms with Gasteiger partial charge in [0, 0.05) is 6.92 Å². The molecule has 1 amide bonds. The number of amides is 1. The largest absolute Gasteiger partial charge is 0.497 e. The summed E-state index contributed by atoms with van der Waals surface area (Å²) >= 11 is 0. The number of esters is 1. The van der Waals surface area contributed by atoms with E-state index in [9.17, 15) is 29.5 Å². The maximum Gasteiger partial charge on any atom is 0.459 e. The van der Waals surface area contributed by atoms with Gasteiger partial charge >= 0.3 is 13.7 Å². The van der Waals surface area contributed by atoms with Gasteiger partial charge in [-0.25, -0.2) is 4.57 Å². The monoisotopic (exact) mass is 568 g/mol. The van der Waals surface area contributed by atoms with Crippen LogP contribution in [0, 0.1) is 0 Å². The van der Waals surface area contributed by atoms with E-state index in [1.165, 1.54) is 33.1 Å². The minimum absolute atomic E-state index is 0.0104. The second-order valence-electron chi connectivity index (χ2n) is 8.78. The van der Waals surface area contributed by atoms with E-state index in [1.54, 1.807) is 36.4 Å². The zero-order chi connectivity index (χ0) is 28.6. The Kier molecular flexibility index (Phi) is 10.8. The summed E-state index contributed by atoms with van der Waals surface area (Å²) in [6, 6.07) is 12.6. The molecule has 1 saturated heterocycles. The number of aliphatic hydroxyl groups excluding tert-OH is 3. The highest BCUT2D eigenvalue weighted by Gasteiger charge is 2.45. The fourth-order valence-electron chi connectivity index (χ4n) is 3.65. The van der Waals surface area contributed by atoms with Crippen LogP contribution in [0.5, 0.6) is 11.5 Å². The molecule has 0 radical (unpaired) electrons. The Morgan fingerprint density at radius 1 is 1.03 bits per heavy atom. The van der Waals surface area contributed by atoms with Crippen LogP contribution < -0.4 is 19.7 Å². The Morgan fingerprint density at radius 2 is 1.67 bits per heavy atom. The van der Waals surface area contributed by atoms with Crippen molar-refractivity contribution in [2.24, 2.45) is 0 Å². The third-order valence-electron chi connectivity index (χ3n) is 5.71. The van der Waals surface area contributed by atoms with E-state index in [0.29, 0.717) is 5.75 Å². The summed E-state index contributed by atoms with van der Waals surface area (Å²) in [6.07, 6.45) is -6.31. The predicted molar refractivity (Wildman–Crippen MR) is 137 cm³/mol. The second kappa shape index (κ2) is 13.9. The molecular weight excluding hydrogens is 535 g/mol. The first kappa shape index (κ1) is 30.5. The lowest BCUT2D eigenvalue weighted by Gasteiger charge is -2.40. The molecule has 2 unspecified atom stereocenters. The molecular formula is C25H33N2O11P. The van der Waals surface area contributed by atoms with Crippen molar-refractivity contribution in [3.8, 4) is 11.5 Å². The number of carbonyl (C=O) groups excluding carboxylic acids is 2. The number of nitrogens with one attached hydrogen (secondary N) is 2. The number of ether oxygens (including phenoxy) is 3. The minimum Gasteiger partial charge on any atom is -0.497 e. The van der Waals surface area contributed by atoms with Crippen molar-refractivity contribution in [1.29, 1.82) is 0 Å². The summed E-state index contributed by atoms with van der Waals surface area (Å²) in [5, 5.41) is 35.8. The number of benzene rings is 2. The van der Waals surface area contributed by atoms with Crippen molar-refractivity contribution in [3.63, 3.8) is 0 Å². The molecule has 13 nitrogen and oxygen atoms in total. The van der Waals surface area contributed by atoms with Gasteiger partial charge in [-0.3, -0.25) is 14.1 Å². The van der Waals surface area contributed by atoms with Crippen molar-refractivity contribution in [2.45, 2.75) is 57.1 Å². The molecule has 5 N–H and O–H groups in total. The van der Waals surface area contributed by atoms with Crippen molar-refractivity contribution in [2.75, 3.05) is 13.7 Å². The number of hydrogen-bond donors (Lipinski definition) is 5. The summed E-state index contributed by atoms with van der Waals surface area (Å²) in [7, 11) is -2.88. The normalized spacial score (nSPS) is 25.1. The first-order valence-corrected chi connectivity index (χ1v) is 13.6. The number of methoxy groups -OCH3 is 1. The summed E-state index contributed by atoms with van der Waals surface area (Å²) in [5.74, 6) is -0.677. The molecule has 3 rings (SSSR count). The first-order chi connectivity index (χ1) is 18.5. The van der Waals surface area contributed by atoms with Crippen LogP contribution in [-0.4, -0.2) is 77.6 Å². The van der Waals surface area contributed by atoms with Gasteiger partial charge in [-0.15, -0.1) is 0 Å². The first-order valence-electron chi connectivity index (χ1n) is 12.0. The van der Waals surface area contributed by atoms with E-state index in [4.69, 9.17) is 23.3 Å². The van der Waals surface area contributed by atoms with Gasteiger partial charge in [-0.1, -0.05) is 30.3 Å². The van der Waals surface area contributed by atoms with Crippen LogP contribution in [0.15, 0.2) is 54.6 Å². The Hall–Kier alpha value is -3.03. The number of aliphatic hydroxyl groups is 3. The average Bonchev–Trinajstić information content (AvgIpc) is 2.91. The lowest BCUT2D eigenvalue weighted by molar-refractivity contribution is -0.252. The van der Waals surface area contributed by atoms with Gasteiger partial charge in [0.1, 0.15) is 48.5 Å². The van der Waals surface area contributed by atoms with Crippen LogP contribution in [-0.2, 0) is 34.8 Å². The van der Waals surface area contributed by atoms with Gasteiger partial charge in [0.25, 0.3) is 0 Å². The van der Waals surface area contributed by atoms with Crippen molar-refractivity contribution in [1.82, 2.24) is 10.4 Å². The van der Waals surface area contributed by atoms with Crippen molar-refractivity contribution >= 4 is 19.6 Å². The van der Waals surface area contributed by atoms with Crippen LogP contribution in [0.2, 0.25) is 0 Å². The summed E-state index contributed by atoms with van der Waals surface area (Å²) in [6.45, 7) is 1.93. The fraction of sp³-hybridized carbons (Fsp3) is 0.440. The number of hydrogen-bond acceptors (Lipinski definition) is 11. The zero-order valence-electron chi connectivity index (χ0n) is 21.6. The Morgan fingerprint density at radius 3 is 2.28 bits per heavy atom. The number of carbonyl (C=O) groups is 2. The SMILES string of the molecule is COc1ccc(OP(=O)(N[C@@H](C)C(=O)OCc2ccccc2)OC[C@H]2OC(O)[C@H](NC(C)=O)[C@@H](O)[C@@H]2O)cc1. The molecule has 0 aromatic heterocycles. The van der Waals surface area contributed by atoms with Gasteiger partial charge in [-0.05, 0) is 36.8 Å². The summed E-state index contributed by atoms with van der Waals surface area (Å²) < 4.78 is 40.5. The number of rotatable bonds is 12. The maximum absolute atomic E-state index is 13.7.